The topological polar surface area (TPSA) is 50.1 Å². The van der Waals surface area contributed by atoms with Gasteiger partial charge < -0.3 is 16.4 Å². The van der Waals surface area contributed by atoms with Gasteiger partial charge in [-0.25, -0.2) is 0 Å². The van der Waals surface area contributed by atoms with Gasteiger partial charge in [-0.1, -0.05) is 78.4 Å². The Hall–Kier alpha value is -2.69. The molecule has 132 valence electrons. The zero-order chi connectivity index (χ0) is 18.4. The van der Waals surface area contributed by atoms with Crippen LogP contribution < -0.4 is 16.4 Å². The van der Waals surface area contributed by atoms with Gasteiger partial charge in [-0.3, -0.25) is 0 Å². The molecular weight excluding hydrogens is 338 g/mol. The zero-order valence-electron chi connectivity index (χ0n) is 14.7. The van der Waals surface area contributed by atoms with E-state index in [1.807, 2.05) is 60.7 Å². The third kappa shape index (κ3) is 4.69. The molecule has 0 saturated carbocycles. The van der Waals surface area contributed by atoms with Crippen molar-refractivity contribution in [1.29, 1.82) is 0 Å². The molecule has 0 radical (unpaired) electrons. The standard InChI is InChI=1S/C22H23N3S/c1-16-12-14-19(15-13-16)24-22(26)25-21(18-10-6-3-7-11-18)20(23)17-8-4-2-5-9-17/h2-15,20-21H,23H2,1H3,(H2,24,25,26). The van der Waals surface area contributed by atoms with E-state index in [0.29, 0.717) is 5.11 Å². The van der Waals surface area contributed by atoms with Crippen molar-refractivity contribution < 1.29 is 0 Å². The summed E-state index contributed by atoms with van der Waals surface area (Å²) in [6.45, 7) is 2.06. The van der Waals surface area contributed by atoms with E-state index in [0.717, 1.165) is 16.8 Å². The Labute approximate surface area is 160 Å². The Kier molecular flexibility index (Phi) is 6.00. The van der Waals surface area contributed by atoms with Gasteiger partial charge in [-0.15, -0.1) is 0 Å². The molecule has 0 heterocycles. The smallest absolute Gasteiger partial charge is 0.171 e. The lowest BCUT2D eigenvalue weighted by Crippen LogP contribution is -2.38. The molecular formula is C22H23N3S. The number of hydrogen-bond acceptors (Lipinski definition) is 2. The van der Waals surface area contributed by atoms with Crippen LogP contribution in [-0.2, 0) is 0 Å². The molecule has 0 aromatic heterocycles. The minimum Gasteiger partial charge on any atom is -0.354 e. The summed E-state index contributed by atoms with van der Waals surface area (Å²) in [6.07, 6.45) is 0. The maximum absolute atomic E-state index is 6.58. The van der Waals surface area contributed by atoms with Crippen LogP contribution in [0.3, 0.4) is 0 Å². The largest absolute Gasteiger partial charge is 0.354 e. The molecule has 4 heteroatoms. The molecule has 0 amide bonds. The first-order valence-corrected chi connectivity index (χ1v) is 9.04. The molecule has 0 saturated heterocycles. The van der Waals surface area contributed by atoms with Gasteiger partial charge in [0.05, 0.1) is 12.1 Å². The van der Waals surface area contributed by atoms with Crippen LogP contribution in [0.15, 0.2) is 84.9 Å². The summed E-state index contributed by atoms with van der Waals surface area (Å²) in [5, 5.41) is 7.18. The fourth-order valence-corrected chi connectivity index (χ4v) is 3.10. The minimum atomic E-state index is -0.226. The lowest BCUT2D eigenvalue weighted by atomic mass is 9.94. The van der Waals surface area contributed by atoms with Crippen molar-refractivity contribution in [2.45, 2.75) is 19.0 Å². The molecule has 3 aromatic carbocycles. The summed E-state index contributed by atoms with van der Waals surface area (Å²) in [5.41, 5.74) is 10.9. The van der Waals surface area contributed by atoms with E-state index >= 15 is 0 Å². The van der Waals surface area contributed by atoms with E-state index in [4.69, 9.17) is 18.0 Å². The summed E-state index contributed by atoms with van der Waals surface area (Å²) in [5.74, 6) is 0. The molecule has 3 rings (SSSR count). The van der Waals surface area contributed by atoms with Gasteiger partial charge in [-0.05, 0) is 42.4 Å². The number of nitrogens with two attached hydrogens (primary N) is 1. The molecule has 3 nitrogen and oxygen atoms in total. The van der Waals surface area contributed by atoms with Crippen LogP contribution in [0.5, 0.6) is 0 Å². The third-order valence-electron chi connectivity index (χ3n) is 4.30. The second-order valence-electron chi connectivity index (χ2n) is 6.29. The van der Waals surface area contributed by atoms with Crippen molar-refractivity contribution in [3.8, 4) is 0 Å². The molecule has 0 spiro atoms. The fraction of sp³-hybridized carbons (Fsp3) is 0.136. The Balaban J connectivity index is 1.79. The van der Waals surface area contributed by atoms with Gasteiger partial charge >= 0.3 is 0 Å². The van der Waals surface area contributed by atoms with Crippen LogP contribution in [0, 0.1) is 6.92 Å². The molecule has 2 atom stereocenters. The van der Waals surface area contributed by atoms with Gasteiger partial charge in [0.15, 0.2) is 5.11 Å². The van der Waals surface area contributed by atoms with Crippen molar-refractivity contribution in [1.82, 2.24) is 5.32 Å². The van der Waals surface area contributed by atoms with Crippen LogP contribution in [0.4, 0.5) is 5.69 Å². The predicted molar refractivity (Wildman–Crippen MR) is 113 cm³/mol. The van der Waals surface area contributed by atoms with E-state index in [-0.39, 0.29) is 12.1 Å². The van der Waals surface area contributed by atoms with Crippen LogP contribution in [0.2, 0.25) is 0 Å². The quantitative estimate of drug-likeness (QED) is 0.576. The zero-order valence-corrected chi connectivity index (χ0v) is 15.5. The number of thiocarbonyl (C=S) groups is 1. The molecule has 0 aliphatic carbocycles. The average Bonchev–Trinajstić information content (AvgIpc) is 2.69. The normalized spacial score (nSPS) is 12.8. The highest BCUT2D eigenvalue weighted by Gasteiger charge is 2.22. The fourth-order valence-electron chi connectivity index (χ4n) is 2.85. The Morgan fingerprint density at radius 3 is 1.92 bits per heavy atom. The van der Waals surface area contributed by atoms with Crippen molar-refractivity contribution in [3.63, 3.8) is 0 Å². The Morgan fingerprint density at radius 1 is 0.808 bits per heavy atom. The van der Waals surface area contributed by atoms with Gasteiger partial charge in [0, 0.05) is 5.69 Å². The second-order valence-corrected chi connectivity index (χ2v) is 6.70. The monoisotopic (exact) mass is 361 g/mol. The van der Waals surface area contributed by atoms with Crippen molar-refractivity contribution >= 4 is 23.0 Å². The number of aryl methyl sites for hydroxylation is 1. The number of hydrogen-bond donors (Lipinski definition) is 3. The van der Waals surface area contributed by atoms with Crippen LogP contribution in [0.25, 0.3) is 0 Å². The highest BCUT2D eigenvalue weighted by Crippen LogP contribution is 2.27. The van der Waals surface area contributed by atoms with Gasteiger partial charge in [0.2, 0.25) is 0 Å². The maximum Gasteiger partial charge on any atom is 0.171 e. The molecule has 0 bridgehead atoms. The van der Waals surface area contributed by atoms with E-state index in [1.165, 1.54) is 5.56 Å². The lowest BCUT2D eigenvalue weighted by Gasteiger charge is -2.27. The van der Waals surface area contributed by atoms with Crippen LogP contribution in [-0.4, -0.2) is 5.11 Å². The van der Waals surface area contributed by atoms with E-state index in [9.17, 15) is 0 Å². The van der Waals surface area contributed by atoms with Gasteiger partial charge in [0.25, 0.3) is 0 Å². The predicted octanol–water partition coefficient (Wildman–Crippen LogP) is 4.72. The Bertz CT molecular complexity index is 832. The summed E-state index contributed by atoms with van der Waals surface area (Å²) in [6, 6.07) is 28.0. The first-order valence-electron chi connectivity index (χ1n) is 8.63. The van der Waals surface area contributed by atoms with E-state index < -0.39 is 0 Å². The SMILES string of the molecule is Cc1ccc(NC(=S)NC(c2ccccc2)C(N)c2ccccc2)cc1. The highest BCUT2D eigenvalue weighted by molar-refractivity contribution is 7.80. The summed E-state index contributed by atoms with van der Waals surface area (Å²) in [7, 11) is 0. The Morgan fingerprint density at radius 2 is 1.35 bits per heavy atom. The first kappa shape index (κ1) is 18.1. The van der Waals surface area contributed by atoms with Gasteiger partial charge in [0.1, 0.15) is 0 Å². The first-order chi connectivity index (χ1) is 12.6. The van der Waals surface area contributed by atoms with E-state index in [1.54, 1.807) is 0 Å². The molecule has 0 fully saturated rings. The van der Waals surface area contributed by atoms with Crippen molar-refractivity contribution in [3.05, 3.63) is 102 Å². The lowest BCUT2D eigenvalue weighted by molar-refractivity contribution is 0.527. The average molecular weight is 362 g/mol. The van der Waals surface area contributed by atoms with Crippen molar-refractivity contribution in [2.24, 2.45) is 5.73 Å². The minimum absolute atomic E-state index is 0.135. The molecule has 3 aromatic rings. The van der Waals surface area contributed by atoms with Crippen molar-refractivity contribution in [2.75, 3.05) is 5.32 Å². The maximum atomic E-state index is 6.58. The summed E-state index contributed by atoms with van der Waals surface area (Å²) in [4.78, 5) is 0. The molecule has 26 heavy (non-hydrogen) atoms. The molecule has 2 unspecified atom stereocenters. The molecule has 4 N–H and O–H groups in total. The number of benzene rings is 3. The second kappa shape index (κ2) is 8.61. The third-order valence-corrected chi connectivity index (χ3v) is 4.52. The van der Waals surface area contributed by atoms with E-state index in [2.05, 4.69) is 41.8 Å². The van der Waals surface area contributed by atoms with Crippen LogP contribution in [0.1, 0.15) is 28.8 Å². The molecule has 0 aliphatic rings. The summed E-state index contributed by atoms with van der Waals surface area (Å²) >= 11 is 5.54. The number of anilines is 1. The number of nitrogens with one attached hydrogen (secondary N) is 2. The molecule has 0 aliphatic heterocycles. The highest BCUT2D eigenvalue weighted by atomic mass is 32.1. The summed E-state index contributed by atoms with van der Waals surface area (Å²) < 4.78 is 0. The van der Waals surface area contributed by atoms with Crippen LogP contribution >= 0.6 is 12.2 Å². The number of rotatable bonds is 5. The van der Waals surface area contributed by atoms with Gasteiger partial charge in [-0.2, -0.15) is 0 Å².